The molecule has 7 aromatic carbocycles. The summed E-state index contributed by atoms with van der Waals surface area (Å²) >= 11 is 1.92. The van der Waals surface area contributed by atoms with Gasteiger partial charge in [0, 0.05) is 31.0 Å². The fourth-order valence-electron chi connectivity index (χ4n) is 8.87. The second-order valence-electron chi connectivity index (χ2n) is 14.7. The summed E-state index contributed by atoms with van der Waals surface area (Å²) in [6.07, 6.45) is 11.3. The van der Waals surface area contributed by atoms with Crippen molar-refractivity contribution in [2.75, 3.05) is 0 Å². The summed E-state index contributed by atoms with van der Waals surface area (Å²) in [5.74, 6) is 0. The van der Waals surface area contributed by atoms with E-state index in [-0.39, 0.29) is 5.41 Å². The van der Waals surface area contributed by atoms with Crippen molar-refractivity contribution in [1.82, 2.24) is 0 Å². The molecule has 248 valence electrons. The number of hydrogen-bond donors (Lipinski definition) is 0. The monoisotopic (exact) mass is 682 g/mol. The fourth-order valence-corrected chi connectivity index (χ4v) is 10.1. The molecule has 0 fully saturated rings. The molecule has 0 spiro atoms. The molecule has 0 aliphatic heterocycles. The van der Waals surface area contributed by atoms with Crippen LogP contribution in [-0.4, -0.2) is 0 Å². The minimum Gasteiger partial charge on any atom is -0.135 e. The van der Waals surface area contributed by atoms with E-state index in [1.54, 1.807) is 0 Å². The second kappa shape index (κ2) is 12.2. The van der Waals surface area contributed by atoms with E-state index in [0.717, 1.165) is 12.8 Å². The average Bonchev–Trinajstić information content (AvgIpc) is 3.69. The largest absolute Gasteiger partial charge is 0.135 e. The van der Waals surface area contributed by atoms with Gasteiger partial charge in [-0.05, 0) is 96.5 Å². The molecular formula is C51H38S. The summed E-state index contributed by atoms with van der Waals surface area (Å²) < 4.78 is 2.72. The Morgan fingerprint density at radius 3 is 1.83 bits per heavy atom. The topological polar surface area (TPSA) is 0 Å². The molecule has 0 radical (unpaired) electrons. The minimum absolute atomic E-state index is 0.132. The molecule has 0 saturated carbocycles. The van der Waals surface area contributed by atoms with E-state index < -0.39 is 0 Å². The van der Waals surface area contributed by atoms with E-state index in [1.165, 1.54) is 97.0 Å². The Morgan fingerprint density at radius 2 is 1.08 bits per heavy atom. The van der Waals surface area contributed by atoms with Crippen LogP contribution in [0.2, 0.25) is 0 Å². The van der Waals surface area contributed by atoms with Gasteiger partial charge in [0.15, 0.2) is 0 Å². The zero-order valence-electron chi connectivity index (χ0n) is 29.5. The Labute approximate surface area is 309 Å². The van der Waals surface area contributed by atoms with Gasteiger partial charge >= 0.3 is 0 Å². The van der Waals surface area contributed by atoms with Crippen molar-refractivity contribution < 1.29 is 0 Å². The van der Waals surface area contributed by atoms with Gasteiger partial charge in [0.1, 0.15) is 0 Å². The van der Waals surface area contributed by atoms with Gasteiger partial charge < -0.3 is 0 Å². The Hall–Kier alpha value is -5.76. The van der Waals surface area contributed by atoms with E-state index in [9.17, 15) is 0 Å². The first kappa shape index (κ1) is 31.0. The summed E-state index contributed by atoms with van der Waals surface area (Å²) in [6.45, 7) is 4.82. The molecule has 52 heavy (non-hydrogen) atoms. The van der Waals surface area contributed by atoms with Crippen LogP contribution in [0.3, 0.4) is 0 Å². The van der Waals surface area contributed by atoms with E-state index >= 15 is 0 Å². The molecule has 10 rings (SSSR count). The maximum absolute atomic E-state index is 2.51. The predicted octanol–water partition coefficient (Wildman–Crippen LogP) is 12.5. The summed E-state index contributed by atoms with van der Waals surface area (Å²) in [7, 11) is 0. The molecule has 8 aromatic rings. The van der Waals surface area contributed by atoms with Crippen LogP contribution < -0.4 is 10.4 Å². The normalized spacial score (nSPS) is 16.5. The van der Waals surface area contributed by atoms with Crippen molar-refractivity contribution >= 4 is 53.4 Å². The predicted molar refractivity (Wildman–Crippen MR) is 225 cm³/mol. The molecule has 1 heteroatoms. The molecule has 0 nitrogen and oxygen atoms in total. The van der Waals surface area contributed by atoms with Crippen LogP contribution >= 0.6 is 11.3 Å². The highest BCUT2D eigenvalue weighted by molar-refractivity contribution is 7.26. The molecule has 0 N–H and O–H groups in total. The molecule has 2 aliphatic rings. The van der Waals surface area contributed by atoms with Crippen LogP contribution in [0.15, 0.2) is 170 Å². The molecule has 0 saturated heterocycles. The van der Waals surface area contributed by atoms with Crippen molar-refractivity contribution in [3.8, 4) is 22.3 Å². The highest BCUT2D eigenvalue weighted by Gasteiger charge is 2.39. The van der Waals surface area contributed by atoms with Gasteiger partial charge in [0.25, 0.3) is 0 Å². The highest BCUT2D eigenvalue weighted by atomic mass is 32.1. The first-order valence-corrected chi connectivity index (χ1v) is 19.2. The van der Waals surface area contributed by atoms with Gasteiger partial charge in [0.2, 0.25) is 0 Å². The summed E-state index contributed by atoms with van der Waals surface area (Å²) in [4.78, 5) is 0. The van der Waals surface area contributed by atoms with E-state index in [4.69, 9.17) is 0 Å². The number of benzene rings is 7. The van der Waals surface area contributed by atoms with Crippen molar-refractivity contribution in [1.29, 1.82) is 0 Å². The Balaban J connectivity index is 1.23. The standard InChI is InChI=1S/C51H38S/c1-51(2)46-24-14-12-23-43(46)48-41-30-31-42-40-22-13-15-25-47(40)52-50(42)45(41)32-44(49(48)51)35-28-26-34(27-29-35)37-19-9-4-3-8-18-36(33-16-6-5-7-17-33)38-20-10-11-21-39(37)38/h5-32H,3-4H2,1-2H3/b18-8+,19-9?,38-36+,39-37?. The number of allylic oxidation sites excluding steroid dienone is 4. The summed E-state index contributed by atoms with van der Waals surface area (Å²) in [6, 6.07) is 54.3. The minimum atomic E-state index is -0.132. The third-order valence-electron chi connectivity index (χ3n) is 11.3. The van der Waals surface area contributed by atoms with Gasteiger partial charge in [-0.3, -0.25) is 0 Å². The highest BCUT2D eigenvalue weighted by Crippen LogP contribution is 2.56. The Kier molecular flexibility index (Phi) is 7.27. The molecular weight excluding hydrogens is 645 g/mol. The Bertz CT molecular complexity index is 2900. The smallest absolute Gasteiger partial charge is 0.0434 e. The number of hydrogen-bond acceptors (Lipinski definition) is 1. The van der Waals surface area contributed by atoms with E-state index in [0.29, 0.717) is 0 Å². The Morgan fingerprint density at radius 1 is 0.481 bits per heavy atom. The lowest BCUT2D eigenvalue weighted by Gasteiger charge is -2.25. The SMILES string of the molecule is CC1(C)c2ccccc2-c2c1c(-c1ccc(C3=c4cccc/c4=C(c4ccccc4)/C=C/CCC=C3)cc1)cc1c2ccc2c3ccccc3sc12. The lowest BCUT2D eigenvalue weighted by Crippen LogP contribution is -2.29. The van der Waals surface area contributed by atoms with Crippen molar-refractivity contribution in [3.05, 3.63) is 203 Å². The molecule has 0 atom stereocenters. The zero-order chi connectivity index (χ0) is 34.8. The van der Waals surface area contributed by atoms with Gasteiger partial charge in [-0.15, -0.1) is 11.3 Å². The summed E-state index contributed by atoms with van der Waals surface area (Å²) in [5.41, 5.74) is 13.1. The maximum atomic E-state index is 2.51. The molecule has 1 aromatic heterocycles. The van der Waals surface area contributed by atoms with Crippen LogP contribution in [0.5, 0.6) is 0 Å². The fraction of sp³-hybridized carbons (Fsp3) is 0.0980. The van der Waals surface area contributed by atoms with Gasteiger partial charge in [-0.25, -0.2) is 0 Å². The zero-order valence-corrected chi connectivity index (χ0v) is 30.3. The molecule has 1 heterocycles. The van der Waals surface area contributed by atoms with Crippen LogP contribution in [0, 0.1) is 0 Å². The van der Waals surface area contributed by atoms with Gasteiger partial charge in [-0.1, -0.05) is 172 Å². The molecule has 2 aliphatic carbocycles. The second-order valence-corrected chi connectivity index (χ2v) is 15.7. The van der Waals surface area contributed by atoms with Crippen LogP contribution in [0.1, 0.15) is 48.9 Å². The van der Waals surface area contributed by atoms with Crippen molar-refractivity contribution in [2.45, 2.75) is 32.1 Å². The van der Waals surface area contributed by atoms with E-state index in [1.807, 2.05) is 11.3 Å². The van der Waals surface area contributed by atoms with Gasteiger partial charge in [0.05, 0.1) is 0 Å². The maximum Gasteiger partial charge on any atom is 0.0434 e. The van der Waals surface area contributed by atoms with Gasteiger partial charge in [-0.2, -0.15) is 0 Å². The lowest BCUT2D eigenvalue weighted by atomic mass is 9.78. The molecule has 0 bridgehead atoms. The first-order chi connectivity index (χ1) is 25.6. The number of rotatable bonds is 3. The first-order valence-electron chi connectivity index (χ1n) is 18.4. The number of thiophene rings is 1. The molecule has 0 unspecified atom stereocenters. The van der Waals surface area contributed by atoms with E-state index in [2.05, 4.69) is 184 Å². The van der Waals surface area contributed by atoms with Crippen molar-refractivity contribution in [2.24, 2.45) is 0 Å². The van der Waals surface area contributed by atoms with Crippen LogP contribution in [0.25, 0.3) is 64.3 Å². The average molecular weight is 683 g/mol. The number of fused-ring (bicyclic) bond motifs is 10. The summed E-state index contributed by atoms with van der Waals surface area (Å²) in [5, 5.41) is 7.91. The third kappa shape index (κ3) is 4.80. The third-order valence-corrected chi connectivity index (χ3v) is 12.5. The van der Waals surface area contributed by atoms with Crippen LogP contribution in [-0.2, 0) is 5.41 Å². The van der Waals surface area contributed by atoms with Crippen molar-refractivity contribution in [3.63, 3.8) is 0 Å². The quantitative estimate of drug-likeness (QED) is 0.174. The van der Waals surface area contributed by atoms with Crippen LogP contribution in [0.4, 0.5) is 0 Å². The lowest BCUT2D eigenvalue weighted by molar-refractivity contribution is 0.662. The molecule has 0 amide bonds.